The van der Waals surface area contributed by atoms with Crippen LogP contribution in [0.5, 0.6) is 0 Å². The van der Waals surface area contributed by atoms with Crippen molar-refractivity contribution in [2.24, 2.45) is 0 Å². The second kappa shape index (κ2) is 2.57. The molecular weight excluding hydrogens is 154 g/mol. The summed E-state index contributed by atoms with van der Waals surface area (Å²) in [5.41, 5.74) is 0. The van der Waals surface area contributed by atoms with E-state index in [1.54, 1.807) is 0 Å². The molecule has 0 radical (unpaired) electrons. The predicted molar refractivity (Wildman–Crippen MR) is 30.7 cm³/mol. The van der Waals surface area contributed by atoms with E-state index in [1.807, 2.05) is 0 Å². The summed E-state index contributed by atoms with van der Waals surface area (Å²) in [5, 5.41) is 8.34. The number of carbonyl (C=O) groups is 3. The number of esters is 2. The fraction of sp³-hybridized carbons (Fsp3) is 0.400. The Morgan fingerprint density at radius 1 is 1.36 bits per heavy atom. The Morgan fingerprint density at radius 2 is 1.82 bits per heavy atom. The van der Waals surface area contributed by atoms with Gasteiger partial charge in [-0.05, 0) is 0 Å². The molecular formula is C5H5NO5. The van der Waals surface area contributed by atoms with E-state index in [4.69, 9.17) is 5.11 Å². The smallest absolute Gasteiger partial charge is 0.408 e. The van der Waals surface area contributed by atoms with Gasteiger partial charge in [0.15, 0.2) is 0 Å². The maximum absolute atomic E-state index is 10.4. The molecule has 0 spiro atoms. The van der Waals surface area contributed by atoms with Crippen molar-refractivity contribution in [3.8, 4) is 0 Å². The minimum Gasteiger partial charge on any atom is -0.465 e. The predicted octanol–water partition coefficient (Wildman–Crippen LogP) is -0.950. The molecule has 1 amide bonds. The van der Waals surface area contributed by atoms with Gasteiger partial charge in [0.25, 0.3) is 0 Å². The highest BCUT2D eigenvalue weighted by molar-refractivity contribution is 5.93. The number of rotatable bonds is 0. The number of amides is 1. The van der Waals surface area contributed by atoms with Gasteiger partial charge < -0.3 is 9.84 Å². The standard InChI is InChI=1S/C5H5NO5/c7-3-1-6(5(9)10)2-4(8)11-3/h1-2H2,(H,9,10). The first kappa shape index (κ1) is 7.52. The normalized spacial score (nSPS) is 18.0. The molecule has 6 nitrogen and oxygen atoms in total. The first-order chi connectivity index (χ1) is 5.09. The minimum absolute atomic E-state index is 0.374. The Labute approximate surface area is 61.3 Å². The largest absolute Gasteiger partial charge is 0.465 e. The van der Waals surface area contributed by atoms with Gasteiger partial charge in [0.2, 0.25) is 0 Å². The van der Waals surface area contributed by atoms with Gasteiger partial charge in [-0.25, -0.2) is 14.4 Å². The second-order valence-corrected chi connectivity index (χ2v) is 1.98. The van der Waals surface area contributed by atoms with E-state index in [0.717, 1.165) is 0 Å². The molecule has 0 unspecified atom stereocenters. The molecule has 11 heavy (non-hydrogen) atoms. The number of hydrogen-bond acceptors (Lipinski definition) is 4. The zero-order valence-electron chi connectivity index (χ0n) is 5.44. The summed E-state index contributed by atoms with van der Waals surface area (Å²) in [6, 6.07) is 0. The number of ether oxygens (including phenoxy) is 1. The molecule has 6 heteroatoms. The van der Waals surface area contributed by atoms with Crippen LogP contribution in [-0.4, -0.2) is 41.1 Å². The Bertz CT molecular complexity index is 207. The highest BCUT2D eigenvalue weighted by Gasteiger charge is 2.27. The minimum atomic E-state index is -1.30. The molecule has 60 valence electrons. The van der Waals surface area contributed by atoms with Crippen LogP contribution >= 0.6 is 0 Å². The van der Waals surface area contributed by atoms with Gasteiger partial charge in [0, 0.05) is 0 Å². The van der Waals surface area contributed by atoms with Crippen molar-refractivity contribution in [2.45, 2.75) is 0 Å². The molecule has 0 saturated carbocycles. The molecule has 1 heterocycles. The fourth-order valence-corrected chi connectivity index (χ4v) is 0.694. The van der Waals surface area contributed by atoms with Crippen LogP contribution in [0.4, 0.5) is 4.79 Å². The molecule has 0 aromatic heterocycles. The van der Waals surface area contributed by atoms with Gasteiger partial charge in [-0.3, -0.25) is 4.90 Å². The maximum Gasteiger partial charge on any atom is 0.408 e. The molecule has 1 rings (SSSR count). The summed E-state index contributed by atoms with van der Waals surface area (Å²) in [4.78, 5) is 31.8. The zero-order chi connectivity index (χ0) is 8.43. The molecule has 1 saturated heterocycles. The highest BCUT2D eigenvalue weighted by Crippen LogP contribution is 1.99. The van der Waals surface area contributed by atoms with Crippen LogP contribution in [0.15, 0.2) is 0 Å². The number of morpholine rings is 1. The molecule has 1 fully saturated rings. The lowest BCUT2D eigenvalue weighted by atomic mass is 10.4. The number of carboxylic acid groups (broad SMARTS) is 1. The van der Waals surface area contributed by atoms with Gasteiger partial charge in [0.1, 0.15) is 13.1 Å². The van der Waals surface area contributed by atoms with Crippen LogP contribution in [0.3, 0.4) is 0 Å². The lowest BCUT2D eigenvalue weighted by Gasteiger charge is -2.20. The van der Waals surface area contributed by atoms with Crippen molar-refractivity contribution in [1.82, 2.24) is 4.90 Å². The van der Waals surface area contributed by atoms with Crippen molar-refractivity contribution in [2.75, 3.05) is 13.1 Å². The summed E-state index contributed by atoms with van der Waals surface area (Å²) in [5.74, 6) is -1.66. The van der Waals surface area contributed by atoms with E-state index in [-0.39, 0.29) is 13.1 Å². The summed E-state index contributed by atoms with van der Waals surface area (Å²) >= 11 is 0. The topological polar surface area (TPSA) is 83.9 Å². The number of carbonyl (C=O) groups excluding carboxylic acids is 2. The first-order valence-corrected chi connectivity index (χ1v) is 2.81. The lowest BCUT2D eigenvalue weighted by Crippen LogP contribution is -2.45. The third-order valence-corrected chi connectivity index (χ3v) is 1.14. The highest BCUT2D eigenvalue weighted by atomic mass is 16.6. The quantitative estimate of drug-likeness (QED) is 0.364. The molecule has 0 bridgehead atoms. The van der Waals surface area contributed by atoms with Crippen LogP contribution in [0.2, 0.25) is 0 Å². The Balaban J connectivity index is 2.63. The Kier molecular flexibility index (Phi) is 1.75. The zero-order valence-corrected chi connectivity index (χ0v) is 5.44. The van der Waals surface area contributed by atoms with E-state index >= 15 is 0 Å². The molecule has 0 aromatic rings. The van der Waals surface area contributed by atoms with Crippen molar-refractivity contribution in [1.29, 1.82) is 0 Å². The Morgan fingerprint density at radius 3 is 2.18 bits per heavy atom. The average molecular weight is 159 g/mol. The van der Waals surface area contributed by atoms with Crippen molar-refractivity contribution >= 4 is 18.0 Å². The first-order valence-electron chi connectivity index (χ1n) is 2.81. The van der Waals surface area contributed by atoms with Gasteiger partial charge >= 0.3 is 18.0 Å². The van der Waals surface area contributed by atoms with Gasteiger partial charge in [-0.1, -0.05) is 0 Å². The molecule has 0 aromatic carbocycles. The average Bonchev–Trinajstić information content (AvgIpc) is 1.85. The summed E-state index contributed by atoms with van der Waals surface area (Å²) in [6.45, 7) is -0.748. The third-order valence-electron chi connectivity index (χ3n) is 1.14. The lowest BCUT2D eigenvalue weighted by molar-refractivity contribution is -0.165. The van der Waals surface area contributed by atoms with E-state index in [9.17, 15) is 14.4 Å². The van der Waals surface area contributed by atoms with Crippen LogP contribution in [0.1, 0.15) is 0 Å². The van der Waals surface area contributed by atoms with Crippen LogP contribution in [0.25, 0.3) is 0 Å². The SMILES string of the molecule is O=C1CN(C(=O)O)CC(=O)O1. The molecule has 0 aliphatic carbocycles. The summed E-state index contributed by atoms with van der Waals surface area (Å²) in [7, 11) is 0. The van der Waals surface area contributed by atoms with E-state index < -0.39 is 18.0 Å². The fourth-order valence-electron chi connectivity index (χ4n) is 0.694. The van der Waals surface area contributed by atoms with Gasteiger partial charge in [-0.2, -0.15) is 0 Å². The Hall–Kier alpha value is -1.59. The monoisotopic (exact) mass is 159 g/mol. The molecule has 1 aliphatic heterocycles. The van der Waals surface area contributed by atoms with Crippen LogP contribution < -0.4 is 0 Å². The van der Waals surface area contributed by atoms with Crippen LogP contribution in [-0.2, 0) is 14.3 Å². The van der Waals surface area contributed by atoms with Crippen molar-refractivity contribution in [3.63, 3.8) is 0 Å². The number of cyclic esters (lactones) is 2. The van der Waals surface area contributed by atoms with Crippen LogP contribution in [0, 0.1) is 0 Å². The molecule has 1 aliphatic rings. The van der Waals surface area contributed by atoms with E-state index in [2.05, 4.69) is 4.74 Å². The van der Waals surface area contributed by atoms with Gasteiger partial charge in [-0.15, -0.1) is 0 Å². The third kappa shape index (κ3) is 1.66. The number of nitrogens with zero attached hydrogens (tertiary/aromatic N) is 1. The molecule has 1 N–H and O–H groups in total. The summed E-state index contributed by atoms with van der Waals surface area (Å²) in [6.07, 6.45) is -1.30. The second-order valence-electron chi connectivity index (χ2n) is 1.98. The van der Waals surface area contributed by atoms with E-state index in [1.165, 1.54) is 0 Å². The summed E-state index contributed by atoms with van der Waals surface area (Å²) < 4.78 is 4.08. The van der Waals surface area contributed by atoms with Crippen molar-refractivity contribution in [3.05, 3.63) is 0 Å². The number of hydrogen-bond donors (Lipinski definition) is 1. The molecule has 0 atom stereocenters. The van der Waals surface area contributed by atoms with Gasteiger partial charge in [0.05, 0.1) is 0 Å². The van der Waals surface area contributed by atoms with E-state index in [0.29, 0.717) is 4.90 Å². The maximum atomic E-state index is 10.4. The van der Waals surface area contributed by atoms with Crippen molar-refractivity contribution < 1.29 is 24.2 Å².